The summed E-state index contributed by atoms with van der Waals surface area (Å²) >= 11 is 1.36. The zero-order chi connectivity index (χ0) is 20.5. The summed E-state index contributed by atoms with van der Waals surface area (Å²) in [5.74, 6) is 0.909. The highest BCUT2D eigenvalue weighted by Gasteiger charge is 2.53. The summed E-state index contributed by atoms with van der Waals surface area (Å²) < 4.78 is 27.1. The average Bonchev–Trinajstić information content (AvgIpc) is 3.08. The van der Waals surface area contributed by atoms with Crippen molar-refractivity contribution in [3.05, 3.63) is 17.0 Å². The van der Waals surface area contributed by atoms with Crippen LogP contribution in [0.15, 0.2) is 21.3 Å². The van der Waals surface area contributed by atoms with Crippen molar-refractivity contribution >= 4 is 27.3 Å². The van der Waals surface area contributed by atoms with Crippen LogP contribution in [0.25, 0.3) is 0 Å². The minimum atomic E-state index is -3.36. The van der Waals surface area contributed by atoms with Crippen LogP contribution in [0, 0.1) is 5.41 Å². The standard InChI is InChI=1S/C19H34N4O2S2/c1-8-22(9-2)27(24,25)16-11-10-15(26-16)12-13-21-17(20-7)23-14-18(3,4)19(23,5)6/h10-11H,8-9,12-14H2,1-7H3,(H,20,21). The van der Waals surface area contributed by atoms with Gasteiger partial charge >= 0.3 is 0 Å². The van der Waals surface area contributed by atoms with E-state index in [-0.39, 0.29) is 11.0 Å². The third-order valence-corrected chi connectivity index (χ3v) is 9.61. The maximum atomic E-state index is 12.6. The highest BCUT2D eigenvalue weighted by Crippen LogP contribution is 2.46. The lowest BCUT2D eigenvalue weighted by atomic mass is 9.65. The molecule has 0 atom stereocenters. The molecule has 1 saturated heterocycles. The number of nitrogens with one attached hydrogen (secondary N) is 1. The summed E-state index contributed by atoms with van der Waals surface area (Å²) in [5, 5.41) is 3.43. The minimum Gasteiger partial charge on any atom is -0.356 e. The lowest BCUT2D eigenvalue weighted by molar-refractivity contribution is -0.0666. The lowest BCUT2D eigenvalue weighted by Crippen LogP contribution is -2.72. The highest BCUT2D eigenvalue weighted by atomic mass is 32.2. The van der Waals surface area contributed by atoms with Gasteiger partial charge in [0.25, 0.3) is 10.0 Å². The topological polar surface area (TPSA) is 65.0 Å². The first kappa shape index (κ1) is 22.2. The Morgan fingerprint density at radius 1 is 1.26 bits per heavy atom. The van der Waals surface area contributed by atoms with Gasteiger partial charge in [-0.25, -0.2) is 8.42 Å². The summed E-state index contributed by atoms with van der Waals surface area (Å²) in [7, 11) is -1.55. The number of hydrogen-bond donors (Lipinski definition) is 1. The predicted octanol–water partition coefficient (Wildman–Crippen LogP) is 3.02. The number of sulfonamides is 1. The van der Waals surface area contributed by atoms with Gasteiger partial charge in [-0.05, 0) is 32.4 Å². The first-order valence-electron chi connectivity index (χ1n) is 9.58. The molecule has 154 valence electrons. The second-order valence-corrected chi connectivity index (χ2v) is 11.4. The van der Waals surface area contributed by atoms with Gasteiger partial charge < -0.3 is 10.2 Å². The fraction of sp³-hybridized carbons (Fsp3) is 0.737. The second kappa shape index (κ2) is 8.09. The number of guanidine groups is 1. The summed E-state index contributed by atoms with van der Waals surface area (Å²) in [4.78, 5) is 7.79. The molecule has 0 radical (unpaired) electrons. The molecule has 1 aliphatic heterocycles. The smallest absolute Gasteiger partial charge is 0.252 e. The minimum absolute atomic E-state index is 0.0583. The number of nitrogens with zero attached hydrogens (tertiary/aromatic N) is 3. The molecule has 1 N–H and O–H groups in total. The summed E-state index contributed by atoms with van der Waals surface area (Å²) in [6, 6.07) is 3.64. The van der Waals surface area contributed by atoms with E-state index in [0.29, 0.717) is 17.3 Å². The molecule has 0 amide bonds. The third-order valence-electron chi connectivity index (χ3n) is 5.94. The fourth-order valence-corrected chi connectivity index (χ4v) is 6.28. The first-order chi connectivity index (χ1) is 12.5. The highest BCUT2D eigenvalue weighted by molar-refractivity contribution is 7.91. The summed E-state index contributed by atoms with van der Waals surface area (Å²) in [5.41, 5.74) is 0.314. The van der Waals surface area contributed by atoms with Crippen molar-refractivity contribution in [3.63, 3.8) is 0 Å². The third kappa shape index (κ3) is 4.17. The maximum Gasteiger partial charge on any atom is 0.252 e. The first-order valence-corrected chi connectivity index (χ1v) is 11.8. The molecular formula is C19H34N4O2S2. The van der Waals surface area contributed by atoms with Crippen molar-refractivity contribution in [2.45, 2.75) is 57.7 Å². The van der Waals surface area contributed by atoms with Crippen molar-refractivity contribution in [1.29, 1.82) is 0 Å². The zero-order valence-electron chi connectivity index (χ0n) is 17.7. The zero-order valence-corrected chi connectivity index (χ0v) is 19.3. The fourth-order valence-electron chi connectivity index (χ4n) is 3.31. The van der Waals surface area contributed by atoms with Crippen LogP contribution in [0.3, 0.4) is 0 Å². The predicted molar refractivity (Wildman–Crippen MR) is 114 cm³/mol. The number of likely N-dealkylation sites (tertiary alicyclic amines) is 1. The molecule has 0 spiro atoms. The van der Waals surface area contributed by atoms with E-state index in [2.05, 4.69) is 42.9 Å². The quantitative estimate of drug-likeness (QED) is 0.550. The molecule has 27 heavy (non-hydrogen) atoms. The normalized spacial score (nSPS) is 19.3. The number of hydrogen-bond acceptors (Lipinski definition) is 4. The molecule has 0 aliphatic carbocycles. The molecule has 6 nitrogen and oxygen atoms in total. The van der Waals surface area contributed by atoms with Gasteiger partial charge in [-0.15, -0.1) is 11.3 Å². The van der Waals surface area contributed by atoms with Crippen LogP contribution in [0.1, 0.15) is 46.4 Å². The number of rotatable bonds is 7. The molecular weight excluding hydrogens is 380 g/mol. The summed E-state index contributed by atoms with van der Waals surface area (Å²) in [6.45, 7) is 15.5. The molecule has 1 aliphatic rings. The Labute approximate surface area is 168 Å². The van der Waals surface area contributed by atoms with Gasteiger partial charge in [0.2, 0.25) is 0 Å². The van der Waals surface area contributed by atoms with E-state index in [1.54, 1.807) is 6.07 Å². The van der Waals surface area contributed by atoms with Crippen LogP contribution < -0.4 is 5.32 Å². The molecule has 8 heteroatoms. The van der Waals surface area contributed by atoms with E-state index in [9.17, 15) is 8.42 Å². The van der Waals surface area contributed by atoms with Gasteiger partial charge in [-0.2, -0.15) is 4.31 Å². The Morgan fingerprint density at radius 2 is 1.89 bits per heavy atom. The maximum absolute atomic E-state index is 12.6. The molecule has 2 rings (SSSR count). The van der Waals surface area contributed by atoms with Crippen LogP contribution in [0.2, 0.25) is 0 Å². The SMILES string of the molecule is CCN(CC)S(=O)(=O)c1ccc(CCNC(=NC)N2CC(C)(C)C2(C)C)s1. The van der Waals surface area contributed by atoms with Crippen LogP contribution in [0.5, 0.6) is 0 Å². The number of aliphatic imine (C=N–C) groups is 1. The largest absolute Gasteiger partial charge is 0.356 e. The van der Waals surface area contributed by atoms with Gasteiger partial charge in [0.15, 0.2) is 5.96 Å². The van der Waals surface area contributed by atoms with Crippen molar-refractivity contribution < 1.29 is 8.42 Å². The van der Waals surface area contributed by atoms with Gasteiger partial charge in [0.1, 0.15) is 4.21 Å². The van der Waals surface area contributed by atoms with Gasteiger partial charge in [-0.3, -0.25) is 4.99 Å². The van der Waals surface area contributed by atoms with E-state index < -0.39 is 10.0 Å². The van der Waals surface area contributed by atoms with E-state index in [1.165, 1.54) is 15.6 Å². The second-order valence-electron chi connectivity index (χ2n) is 8.06. The van der Waals surface area contributed by atoms with Crippen LogP contribution >= 0.6 is 11.3 Å². The van der Waals surface area contributed by atoms with E-state index in [1.807, 2.05) is 27.0 Å². The Bertz CT molecular complexity index is 777. The molecule has 0 bridgehead atoms. The van der Waals surface area contributed by atoms with Crippen molar-refractivity contribution in [3.8, 4) is 0 Å². The van der Waals surface area contributed by atoms with Gasteiger partial charge in [0, 0.05) is 49.1 Å². The van der Waals surface area contributed by atoms with E-state index >= 15 is 0 Å². The molecule has 1 fully saturated rings. The molecule has 1 aromatic rings. The van der Waals surface area contributed by atoms with Crippen molar-refractivity contribution in [2.75, 3.05) is 33.2 Å². The van der Waals surface area contributed by atoms with E-state index in [4.69, 9.17) is 0 Å². The Balaban J connectivity index is 1.96. The van der Waals surface area contributed by atoms with Gasteiger partial charge in [0.05, 0.1) is 0 Å². The van der Waals surface area contributed by atoms with Gasteiger partial charge in [-0.1, -0.05) is 27.7 Å². The Kier molecular flexibility index (Phi) is 6.64. The Hall–Kier alpha value is -1.12. The number of thiophene rings is 1. The van der Waals surface area contributed by atoms with Crippen molar-refractivity contribution in [1.82, 2.24) is 14.5 Å². The molecule has 0 saturated carbocycles. The average molecular weight is 415 g/mol. The van der Waals surface area contributed by atoms with E-state index in [0.717, 1.165) is 30.3 Å². The van der Waals surface area contributed by atoms with Crippen LogP contribution in [-0.4, -0.2) is 62.3 Å². The molecule has 0 unspecified atom stereocenters. The monoisotopic (exact) mass is 414 g/mol. The van der Waals surface area contributed by atoms with Crippen LogP contribution in [0.4, 0.5) is 0 Å². The van der Waals surface area contributed by atoms with Crippen molar-refractivity contribution in [2.24, 2.45) is 10.4 Å². The molecule has 2 heterocycles. The van der Waals surface area contributed by atoms with Crippen LogP contribution in [-0.2, 0) is 16.4 Å². The molecule has 1 aromatic heterocycles. The molecule has 0 aromatic carbocycles. The summed E-state index contributed by atoms with van der Waals surface area (Å²) in [6.07, 6.45) is 0.773. The lowest BCUT2D eigenvalue weighted by Gasteiger charge is -2.62. The Morgan fingerprint density at radius 3 is 2.37 bits per heavy atom.